The van der Waals surface area contributed by atoms with Gasteiger partial charge in [0.05, 0.1) is 33.4 Å². The fourth-order valence-electron chi connectivity index (χ4n) is 18.1. The fraction of sp³-hybridized carbons (Fsp3) is 0. The number of furan rings is 2. The fourth-order valence-corrected chi connectivity index (χ4v) is 18.1. The molecule has 548 valence electrons. The quantitative estimate of drug-likeness (QED) is 0.119. The van der Waals surface area contributed by atoms with Gasteiger partial charge in [-0.1, -0.05) is 285 Å². The molecule has 0 aliphatic carbocycles. The van der Waals surface area contributed by atoms with E-state index in [1.54, 1.807) is 0 Å². The van der Waals surface area contributed by atoms with E-state index < -0.39 is 0 Å². The van der Waals surface area contributed by atoms with Gasteiger partial charge in [0, 0.05) is 76.5 Å². The SMILES string of the molecule is c1ccc(-c2cccc(-c3nc(-c4cccc(-c5ccccc5)c4)nc(-c4ccc(-n5c6ccccc6c6c(-c7cc(-c8ccccc8)cc(-c8nc(-c9ccc%10ccccc%10c9)nc(-c9ccc(-n%10c%11ccccc%11c%11cc%12ccccc%12cc%11%10)c%10oc%11ccccc%11c9%10)n8)c7)c7ccccc7cc65)c5oc6ccccc6c45)n3)c2)cc1. The molecule has 6 aromatic heterocycles. The highest BCUT2D eigenvalue weighted by Gasteiger charge is 2.29. The Kier molecular flexibility index (Phi) is 15.1. The minimum Gasteiger partial charge on any atom is -0.454 e. The number of rotatable bonds is 12. The van der Waals surface area contributed by atoms with E-state index in [0.29, 0.717) is 40.5 Å². The number of hydrogen-bond donors (Lipinski definition) is 0. The topological polar surface area (TPSA) is 113 Å². The zero-order chi connectivity index (χ0) is 77.5. The molecule has 0 bridgehead atoms. The van der Waals surface area contributed by atoms with E-state index in [9.17, 15) is 0 Å². The Morgan fingerprint density at radius 1 is 0.186 bits per heavy atom. The van der Waals surface area contributed by atoms with Gasteiger partial charge in [-0.25, -0.2) is 29.9 Å². The van der Waals surface area contributed by atoms with E-state index in [1.807, 2.05) is 24.3 Å². The van der Waals surface area contributed by atoms with Crippen molar-refractivity contribution in [2.75, 3.05) is 0 Å². The Hall–Kier alpha value is -16.0. The van der Waals surface area contributed by atoms with Crippen molar-refractivity contribution in [3.63, 3.8) is 0 Å². The monoisotopic (exact) mass is 1500 g/mol. The highest BCUT2D eigenvalue weighted by atomic mass is 16.3. The highest BCUT2D eigenvalue weighted by molar-refractivity contribution is 6.25. The first-order valence-electron chi connectivity index (χ1n) is 39.8. The molecule has 24 rings (SSSR count). The molecule has 0 saturated carbocycles. The lowest BCUT2D eigenvalue weighted by molar-refractivity contribution is 0.666. The molecular formula is C108H64N8O2. The Labute approximate surface area is 675 Å². The summed E-state index contributed by atoms with van der Waals surface area (Å²) in [6, 6.07) is 137. The van der Waals surface area contributed by atoms with Gasteiger partial charge >= 0.3 is 0 Å². The summed E-state index contributed by atoms with van der Waals surface area (Å²) >= 11 is 0. The minimum absolute atomic E-state index is 0.508. The molecule has 6 heterocycles. The summed E-state index contributed by atoms with van der Waals surface area (Å²) in [5.41, 5.74) is 22.3. The van der Waals surface area contributed by atoms with E-state index in [1.165, 1.54) is 5.39 Å². The van der Waals surface area contributed by atoms with Crippen molar-refractivity contribution in [2.45, 2.75) is 0 Å². The highest BCUT2D eigenvalue weighted by Crippen LogP contribution is 2.50. The van der Waals surface area contributed by atoms with Crippen molar-refractivity contribution in [3.8, 4) is 124 Å². The number of hydrogen-bond acceptors (Lipinski definition) is 8. The first-order chi connectivity index (χ1) is 58.5. The van der Waals surface area contributed by atoms with Crippen LogP contribution in [0.3, 0.4) is 0 Å². The van der Waals surface area contributed by atoms with Crippen molar-refractivity contribution in [1.82, 2.24) is 39.0 Å². The third kappa shape index (κ3) is 10.9. The Bertz CT molecular complexity index is 8160. The van der Waals surface area contributed by atoms with Crippen LogP contribution in [0.15, 0.2) is 397 Å². The summed E-state index contributed by atoms with van der Waals surface area (Å²) in [5.74, 6) is 3.17. The summed E-state index contributed by atoms with van der Waals surface area (Å²) in [6.45, 7) is 0. The van der Waals surface area contributed by atoms with Crippen LogP contribution < -0.4 is 0 Å². The molecule has 0 aliphatic rings. The second kappa shape index (κ2) is 26.8. The molecule has 0 aliphatic heterocycles. The second-order valence-electron chi connectivity index (χ2n) is 30.4. The Morgan fingerprint density at radius 2 is 0.568 bits per heavy atom. The standard InChI is InChI=1S/C108H64N8O2/c1-4-26-65(27-5-1)70-37-24-39-75(56-70)103-109-104(76-40-25-38-71(57-76)66-28-6-2-7-29-66)112-107(111-103)86-53-55-92(102-99(86)85-45-19-23-49-96(85)118-102)116-90-47-21-17-43-83(90)100-94(116)64-74-36-14-15-41-81(74)97(100)79-59-78(67-30-8-3-9-31-67)60-80(61-79)106-110-105(77-51-50-68-32-10-11-33-69(68)58-77)113-108(114-106)87-52-54-91(101-98(87)84-44-18-22-48-95(84)117-101)115-89-46-20-16-42-82(89)88-62-72-34-12-13-35-73(72)63-93(88)115/h1-64H. The predicted molar refractivity (Wildman–Crippen MR) is 483 cm³/mol. The molecule has 0 saturated heterocycles. The van der Waals surface area contributed by atoms with Gasteiger partial charge in [-0.05, 0) is 180 Å². The lowest BCUT2D eigenvalue weighted by atomic mass is 9.90. The number of fused-ring (bicyclic) bond motifs is 15. The van der Waals surface area contributed by atoms with E-state index in [-0.39, 0.29) is 0 Å². The van der Waals surface area contributed by atoms with Gasteiger partial charge in [0.15, 0.2) is 46.1 Å². The average Bonchev–Trinajstić information content (AvgIpc) is 1.55. The van der Waals surface area contributed by atoms with Gasteiger partial charge in [0.25, 0.3) is 0 Å². The number of para-hydroxylation sites is 4. The molecular weight excluding hydrogens is 1440 g/mol. The predicted octanol–water partition coefficient (Wildman–Crippen LogP) is 28.2. The maximum Gasteiger partial charge on any atom is 0.164 e. The van der Waals surface area contributed by atoms with Crippen LogP contribution in [-0.4, -0.2) is 39.0 Å². The summed E-state index contributed by atoms with van der Waals surface area (Å²) in [5, 5.41) is 14.8. The van der Waals surface area contributed by atoms with Crippen LogP contribution in [-0.2, 0) is 0 Å². The van der Waals surface area contributed by atoms with E-state index in [4.69, 9.17) is 38.7 Å². The van der Waals surface area contributed by atoms with E-state index in [2.05, 4.69) is 373 Å². The molecule has 0 atom stereocenters. The Balaban J connectivity index is 0.726. The molecule has 0 fully saturated rings. The number of benzene rings is 18. The molecule has 18 aromatic carbocycles. The first-order valence-corrected chi connectivity index (χ1v) is 39.8. The van der Waals surface area contributed by atoms with E-state index >= 15 is 0 Å². The largest absolute Gasteiger partial charge is 0.454 e. The summed E-state index contributed by atoms with van der Waals surface area (Å²) < 4.78 is 19.3. The van der Waals surface area contributed by atoms with Crippen molar-refractivity contribution in [1.29, 1.82) is 0 Å². The van der Waals surface area contributed by atoms with Gasteiger partial charge < -0.3 is 18.0 Å². The first kappa shape index (κ1) is 66.6. The molecule has 118 heavy (non-hydrogen) atoms. The minimum atomic E-state index is 0.508. The maximum absolute atomic E-state index is 7.35. The van der Waals surface area contributed by atoms with Crippen LogP contribution in [0.25, 0.3) is 244 Å². The average molecular weight is 1510 g/mol. The maximum atomic E-state index is 7.35. The van der Waals surface area contributed by atoms with Crippen molar-refractivity contribution < 1.29 is 8.83 Å². The molecule has 10 nitrogen and oxygen atoms in total. The molecule has 10 heteroatoms. The van der Waals surface area contributed by atoms with Crippen LogP contribution in [0.2, 0.25) is 0 Å². The zero-order valence-electron chi connectivity index (χ0n) is 63.3. The van der Waals surface area contributed by atoms with Gasteiger partial charge in [-0.2, -0.15) is 0 Å². The van der Waals surface area contributed by atoms with E-state index in [0.717, 1.165) is 198 Å². The summed E-state index contributed by atoms with van der Waals surface area (Å²) in [6.07, 6.45) is 0. The number of nitrogens with zero attached hydrogens (tertiary/aromatic N) is 8. The van der Waals surface area contributed by atoms with Gasteiger partial charge in [-0.15, -0.1) is 0 Å². The molecule has 0 unspecified atom stereocenters. The molecule has 0 spiro atoms. The lowest BCUT2D eigenvalue weighted by Gasteiger charge is -2.16. The van der Waals surface area contributed by atoms with Crippen LogP contribution in [0.5, 0.6) is 0 Å². The summed E-state index contributed by atoms with van der Waals surface area (Å²) in [7, 11) is 0. The van der Waals surface area contributed by atoms with Crippen molar-refractivity contribution in [3.05, 3.63) is 388 Å². The van der Waals surface area contributed by atoms with Gasteiger partial charge in [-0.3, -0.25) is 0 Å². The van der Waals surface area contributed by atoms with Crippen LogP contribution in [0.4, 0.5) is 0 Å². The normalized spacial score (nSPS) is 11.9. The second-order valence-corrected chi connectivity index (χ2v) is 30.4. The lowest BCUT2D eigenvalue weighted by Crippen LogP contribution is -2.02. The van der Waals surface area contributed by atoms with Gasteiger partial charge in [0.2, 0.25) is 0 Å². The molecule has 0 radical (unpaired) electrons. The summed E-state index contributed by atoms with van der Waals surface area (Å²) in [4.78, 5) is 33.4. The van der Waals surface area contributed by atoms with Gasteiger partial charge in [0.1, 0.15) is 11.2 Å². The third-order valence-electron chi connectivity index (χ3n) is 23.5. The van der Waals surface area contributed by atoms with Crippen LogP contribution in [0.1, 0.15) is 0 Å². The number of aromatic nitrogens is 8. The van der Waals surface area contributed by atoms with Crippen molar-refractivity contribution in [2.24, 2.45) is 0 Å². The molecule has 0 amide bonds. The Morgan fingerprint density at radius 3 is 1.14 bits per heavy atom. The smallest absolute Gasteiger partial charge is 0.164 e. The molecule has 24 aromatic rings. The van der Waals surface area contributed by atoms with Crippen LogP contribution >= 0.6 is 0 Å². The van der Waals surface area contributed by atoms with Crippen LogP contribution in [0, 0.1) is 0 Å². The zero-order valence-corrected chi connectivity index (χ0v) is 63.3. The van der Waals surface area contributed by atoms with Crippen molar-refractivity contribution >= 4 is 120 Å². The molecule has 0 N–H and O–H groups in total. The third-order valence-corrected chi connectivity index (χ3v) is 23.5.